The zero-order valence-electron chi connectivity index (χ0n) is 32.3. The molecule has 0 unspecified atom stereocenters. The van der Waals surface area contributed by atoms with Crippen molar-refractivity contribution in [1.29, 1.82) is 5.26 Å². The summed E-state index contributed by atoms with van der Waals surface area (Å²) in [4.78, 5) is 3.44. The van der Waals surface area contributed by atoms with Crippen molar-refractivity contribution in [3.8, 4) is 39.7 Å². The van der Waals surface area contributed by atoms with Gasteiger partial charge in [-0.15, -0.1) is 0 Å². The van der Waals surface area contributed by atoms with E-state index in [9.17, 15) is 44.8 Å². The second-order valence-corrected chi connectivity index (χ2v) is 15.1. The third kappa shape index (κ3) is 6.57. The van der Waals surface area contributed by atoms with E-state index in [1.54, 1.807) is 24.3 Å². The third-order valence-electron chi connectivity index (χ3n) is 11.1. The number of rotatable bonds is 4. The van der Waals surface area contributed by atoms with Gasteiger partial charge in [0.15, 0.2) is 5.69 Å². The summed E-state index contributed by atoms with van der Waals surface area (Å²) in [5.41, 5.74) is 2.54. The molecule has 0 saturated carbocycles. The van der Waals surface area contributed by atoms with Crippen molar-refractivity contribution >= 4 is 49.3 Å². The summed E-state index contributed by atoms with van der Waals surface area (Å²) in [7, 11) is 0. The molecule has 13 heteroatoms. The van der Waals surface area contributed by atoms with Crippen LogP contribution in [0.1, 0.15) is 33.4 Å². The van der Waals surface area contributed by atoms with Gasteiger partial charge in [0.2, 0.25) is 0 Å². The molecule has 62 heavy (non-hydrogen) atoms. The zero-order valence-corrected chi connectivity index (χ0v) is 32.3. The molecule has 9 aromatic rings. The largest absolute Gasteiger partial charge is 0.416 e. The van der Waals surface area contributed by atoms with Gasteiger partial charge in [0.25, 0.3) is 0 Å². The molecule has 0 N–H and O–H groups in total. The Morgan fingerprint density at radius 3 is 1.42 bits per heavy atom. The molecule has 4 nitrogen and oxygen atoms in total. The highest BCUT2D eigenvalue weighted by Gasteiger charge is 2.34. The number of nitrogens with zero attached hydrogens (tertiary/aromatic N) is 4. The molecule has 0 saturated heterocycles. The number of alkyl halides is 9. The zero-order chi connectivity index (χ0) is 44.0. The number of hydrogen-bond acceptors (Lipinski definition) is 1. The molecule has 7 aromatic carbocycles. The molecule has 0 aliphatic rings. The van der Waals surface area contributed by atoms with Gasteiger partial charge in [-0.05, 0) is 116 Å². The predicted molar refractivity (Wildman–Crippen MR) is 221 cm³/mol. The van der Waals surface area contributed by atoms with Crippen molar-refractivity contribution in [2.75, 3.05) is 0 Å². The van der Waals surface area contributed by atoms with E-state index in [1.807, 2.05) is 54.8 Å². The van der Waals surface area contributed by atoms with Crippen LogP contribution in [0.25, 0.3) is 82.1 Å². The van der Waals surface area contributed by atoms with Crippen LogP contribution in [0, 0.1) is 31.8 Å². The first-order chi connectivity index (χ1) is 29.3. The van der Waals surface area contributed by atoms with Crippen LogP contribution in [0.2, 0.25) is 0 Å². The van der Waals surface area contributed by atoms with Crippen LogP contribution >= 0.6 is 0 Å². The Morgan fingerprint density at radius 2 is 0.919 bits per heavy atom. The van der Waals surface area contributed by atoms with Gasteiger partial charge < -0.3 is 9.13 Å². The first-order valence-corrected chi connectivity index (χ1v) is 18.9. The number of aromatic nitrogens is 2. The van der Waals surface area contributed by atoms with Crippen LogP contribution in [0.3, 0.4) is 0 Å². The molecule has 0 radical (unpaired) electrons. The van der Waals surface area contributed by atoms with E-state index in [0.717, 1.165) is 69.3 Å². The highest BCUT2D eigenvalue weighted by atomic mass is 19.4. The number of halogens is 9. The van der Waals surface area contributed by atoms with Gasteiger partial charge in [-0.25, -0.2) is 4.85 Å². The van der Waals surface area contributed by atoms with E-state index in [2.05, 4.69) is 10.9 Å². The fourth-order valence-corrected chi connectivity index (χ4v) is 8.32. The molecule has 0 fully saturated rings. The Kier molecular flexibility index (Phi) is 9.03. The summed E-state index contributed by atoms with van der Waals surface area (Å²) in [5.74, 6) is 0. The number of benzene rings is 7. The lowest BCUT2D eigenvalue weighted by molar-refractivity contribution is -0.138. The van der Waals surface area contributed by atoms with Gasteiger partial charge in [-0.3, -0.25) is 0 Å². The molecule has 0 aliphatic carbocycles. The Balaban J connectivity index is 1.42. The standard InChI is InChI=1S/C49H27F9N4/c1-26-4-13-41-35(18-26)36-19-27(2)5-14-42(36)61(41)43-15-7-29(33-12-8-32(49(56,57)58)24-40(33)60-3)21-37(43)34-11-6-28(25-59)20-46(34)62-44-16-9-30(47(50,51)52)22-38(44)39-23-31(48(53,54)55)10-17-45(39)62/h4-24H,1-2H3. The smallest absolute Gasteiger partial charge is 0.309 e. The number of aryl methyl sites for hydroxylation is 2. The molecule has 2 heterocycles. The van der Waals surface area contributed by atoms with Crippen LogP contribution in [0.4, 0.5) is 45.2 Å². The van der Waals surface area contributed by atoms with Gasteiger partial charge in [0.05, 0.1) is 62.8 Å². The van der Waals surface area contributed by atoms with Crippen LogP contribution in [0.5, 0.6) is 0 Å². The van der Waals surface area contributed by atoms with Crippen molar-refractivity contribution in [3.05, 3.63) is 172 Å². The minimum Gasteiger partial charge on any atom is -0.309 e. The average molecular weight is 843 g/mol. The molecular weight excluding hydrogens is 816 g/mol. The summed E-state index contributed by atoms with van der Waals surface area (Å²) >= 11 is 0. The lowest BCUT2D eigenvalue weighted by atomic mass is 9.93. The molecule has 0 amide bonds. The minimum absolute atomic E-state index is 0.113. The lowest BCUT2D eigenvalue weighted by Crippen LogP contribution is -2.05. The minimum atomic E-state index is -4.83. The maximum absolute atomic E-state index is 14.2. The fraction of sp³-hybridized carbons (Fsp3) is 0.102. The second-order valence-electron chi connectivity index (χ2n) is 15.1. The molecule has 0 bridgehead atoms. The summed E-state index contributed by atoms with van der Waals surface area (Å²) in [5, 5.41) is 11.8. The molecule has 306 valence electrons. The number of hydrogen-bond donors (Lipinski definition) is 0. The number of fused-ring (bicyclic) bond motifs is 6. The topological polar surface area (TPSA) is 38.0 Å². The fourth-order valence-electron chi connectivity index (χ4n) is 8.32. The quantitative estimate of drug-likeness (QED) is 0.128. The van der Waals surface area contributed by atoms with Crippen LogP contribution in [-0.2, 0) is 18.5 Å². The summed E-state index contributed by atoms with van der Waals surface area (Å²) in [6.45, 7) is 11.8. The Morgan fingerprint density at radius 1 is 0.468 bits per heavy atom. The van der Waals surface area contributed by atoms with Crippen molar-refractivity contribution in [2.45, 2.75) is 32.4 Å². The van der Waals surface area contributed by atoms with Gasteiger partial charge in [-0.1, -0.05) is 47.5 Å². The average Bonchev–Trinajstić information content (AvgIpc) is 3.73. The molecule has 0 aliphatic heterocycles. The molecule has 0 atom stereocenters. The first kappa shape index (κ1) is 39.9. The van der Waals surface area contributed by atoms with E-state index >= 15 is 0 Å². The normalized spacial score (nSPS) is 12.4. The maximum Gasteiger partial charge on any atom is 0.416 e. The molecule has 2 aromatic heterocycles. The van der Waals surface area contributed by atoms with Gasteiger partial charge in [0, 0.05) is 38.2 Å². The van der Waals surface area contributed by atoms with Gasteiger partial charge >= 0.3 is 18.5 Å². The van der Waals surface area contributed by atoms with Gasteiger partial charge in [-0.2, -0.15) is 44.8 Å². The van der Waals surface area contributed by atoms with E-state index in [-0.39, 0.29) is 44.3 Å². The first-order valence-electron chi connectivity index (χ1n) is 18.9. The van der Waals surface area contributed by atoms with E-state index < -0.39 is 35.2 Å². The third-order valence-corrected chi connectivity index (χ3v) is 11.1. The van der Waals surface area contributed by atoms with Crippen molar-refractivity contribution in [2.24, 2.45) is 0 Å². The van der Waals surface area contributed by atoms with E-state index in [4.69, 9.17) is 6.57 Å². The van der Waals surface area contributed by atoms with Crippen molar-refractivity contribution in [3.63, 3.8) is 0 Å². The van der Waals surface area contributed by atoms with E-state index in [0.29, 0.717) is 22.4 Å². The Labute approximate surface area is 346 Å². The molecule has 0 spiro atoms. The SMILES string of the molecule is [C-]#[N+]c1cc(C(F)(F)F)ccc1-c1ccc(-n2c3ccc(C)cc3c3cc(C)ccc32)c(-c2ccc(C#N)cc2-n2c3ccc(C(F)(F)F)cc3c3cc(C(F)(F)F)ccc32)c1. The van der Waals surface area contributed by atoms with E-state index in [1.165, 1.54) is 34.9 Å². The lowest BCUT2D eigenvalue weighted by Gasteiger charge is -2.20. The van der Waals surface area contributed by atoms with Crippen LogP contribution in [0.15, 0.2) is 127 Å². The highest BCUT2D eigenvalue weighted by molar-refractivity contribution is 6.12. The summed E-state index contributed by atoms with van der Waals surface area (Å²) < 4.78 is 130. The summed E-state index contributed by atoms with van der Waals surface area (Å²) in [6.07, 6.45) is -14.4. The second kappa shape index (κ2) is 14.0. The maximum atomic E-state index is 14.2. The number of nitriles is 1. The Bertz CT molecular complexity index is 3290. The van der Waals surface area contributed by atoms with Crippen molar-refractivity contribution in [1.82, 2.24) is 9.13 Å². The van der Waals surface area contributed by atoms with Crippen LogP contribution in [-0.4, -0.2) is 9.13 Å². The van der Waals surface area contributed by atoms with Crippen molar-refractivity contribution < 1.29 is 39.5 Å². The monoisotopic (exact) mass is 842 g/mol. The Hall–Kier alpha value is -7.51. The predicted octanol–water partition coefficient (Wildman–Crippen LogP) is 15.3. The van der Waals surface area contributed by atoms with Gasteiger partial charge in [0.1, 0.15) is 0 Å². The highest BCUT2D eigenvalue weighted by Crippen LogP contribution is 2.46. The van der Waals surface area contributed by atoms with Crippen LogP contribution < -0.4 is 0 Å². The molecule has 9 rings (SSSR count). The molecular formula is C49H27F9N4. The summed E-state index contributed by atoms with van der Waals surface area (Å²) in [6, 6.07) is 32.2.